The number of rotatable bonds is 3. The van der Waals surface area contributed by atoms with Crippen LogP contribution in [-0.2, 0) is 0 Å². The van der Waals surface area contributed by atoms with Crippen molar-refractivity contribution in [1.29, 1.82) is 10.5 Å². The normalized spacial score (nSPS) is 14.8. The molecule has 2 aromatic rings. The van der Waals surface area contributed by atoms with E-state index < -0.39 is 11.9 Å². The van der Waals surface area contributed by atoms with Gasteiger partial charge in [-0.3, -0.25) is 5.32 Å². The minimum Gasteiger partial charge on any atom is -0.489 e. The summed E-state index contributed by atoms with van der Waals surface area (Å²) in [6.45, 7) is 1.89. The highest BCUT2D eigenvalue weighted by Gasteiger charge is 2.32. The summed E-state index contributed by atoms with van der Waals surface area (Å²) in [6, 6.07) is 3.75. The van der Waals surface area contributed by atoms with Crippen molar-refractivity contribution in [2.24, 2.45) is 4.99 Å². The number of nitriles is 2. The highest BCUT2D eigenvalue weighted by atomic mass is 35.5. The molecule has 0 saturated heterocycles. The number of anilines is 3. The predicted molar refractivity (Wildman–Crippen MR) is 102 cm³/mol. The summed E-state index contributed by atoms with van der Waals surface area (Å²) in [7, 11) is 0. The van der Waals surface area contributed by atoms with Crippen LogP contribution >= 0.6 is 11.6 Å². The second-order valence-corrected chi connectivity index (χ2v) is 6.02. The summed E-state index contributed by atoms with van der Waals surface area (Å²) in [5.41, 5.74) is 12.2. The molecule has 0 amide bonds. The third kappa shape index (κ3) is 3.06. The molecular weight excluding hydrogens is 387 g/mol. The summed E-state index contributed by atoms with van der Waals surface area (Å²) in [5.74, 6) is -0.798. The molecule has 0 aliphatic carbocycles. The van der Waals surface area contributed by atoms with Crippen molar-refractivity contribution in [1.82, 2.24) is 10.3 Å². The van der Waals surface area contributed by atoms with Crippen molar-refractivity contribution in [2.45, 2.75) is 13.0 Å². The van der Waals surface area contributed by atoms with E-state index >= 15 is 4.39 Å². The van der Waals surface area contributed by atoms with E-state index in [-0.39, 0.29) is 57.4 Å². The Morgan fingerprint density at radius 3 is 2.79 bits per heavy atom. The number of nitrogens with one attached hydrogen (secondary N) is 2. The number of nitrogens with zero attached hydrogens (tertiary/aromatic N) is 4. The van der Waals surface area contributed by atoms with Gasteiger partial charge in [0.2, 0.25) is 5.96 Å². The average Bonchev–Trinajstić information content (AvgIpc) is 2.65. The molecule has 28 heavy (non-hydrogen) atoms. The van der Waals surface area contributed by atoms with Crippen LogP contribution in [0.15, 0.2) is 17.1 Å². The molecule has 1 unspecified atom stereocenters. The fourth-order valence-corrected chi connectivity index (χ4v) is 3.04. The Morgan fingerprint density at radius 1 is 1.39 bits per heavy atom. The molecule has 0 radical (unpaired) electrons. The van der Waals surface area contributed by atoms with E-state index in [1.165, 1.54) is 12.1 Å². The molecule has 11 heteroatoms. The SMILES string of the molecule is CCOc1c(Cl)ccc(C2N=C(NC#N)Nc3nc(N)c(C#N)c(N)c32)c1F. The number of hydrogen-bond acceptors (Lipinski definition) is 9. The lowest BCUT2D eigenvalue weighted by atomic mass is 9.94. The molecule has 9 nitrogen and oxygen atoms in total. The first-order valence-corrected chi connectivity index (χ1v) is 8.40. The maximum absolute atomic E-state index is 15.2. The van der Waals surface area contributed by atoms with Crippen LogP contribution in [0.25, 0.3) is 0 Å². The van der Waals surface area contributed by atoms with E-state index in [4.69, 9.17) is 33.1 Å². The molecule has 2 heterocycles. The fraction of sp³-hybridized carbons (Fsp3) is 0.176. The van der Waals surface area contributed by atoms with Gasteiger partial charge < -0.3 is 21.5 Å². The Labute approximate surface area is 164 Å². The third-order valence-corrected chi connectivity index (χ3v) is 4.32. The molecule has 3 rings (SSSR count). The van der Waals surface area contributed by atoms with E-state index in [0.29, 0.717) is 0 Å². The smallest absolute Gasteiger partial charge is 0.211 e. The van der Waals surface area contributed by atoms with Crippen LogP contribution in [0.4, 0.5) is 21.7 Å². The minimum absolute atomic E-state index is 0.00886. The lowest BCUT2D eigenvalue weighted by molar-refractivity contribution is 0.320. The first-order valence-electron chi connectivity index (χ1n) is 8.02. The third-order valence-electron chi connectivity index (χ3n) is 4.02. The molecule has 0 spiro atoms. The van der Waals surface area contributed by atoms with Crippen LogP contribution < -0.4 is 26.8 Å². The Kier molecular flexibility index (Phi) is 5.07. The Morgan fingerprint density at radius 2 is 2.14 bits per heavy atom. The minimum atomic E-state index is -1.02. The number of hydrogen-bond donors (Lipinski definition) is 4. The number of nitrogens with two attached hydrogens (primary N) is 2. The van der Waals surface area contributed by atoms with Crippen LogP contribution in [0.2, 0.25) is 5.02 Å². The van der Waals surface area contributed by atoms with Crippen LogP contribution in [0.3, 0.4) is 0 Å². The lowest BCUT2D eigenvalue weighted by Gasteiger charge is -2.26. The van der Waals surface area contributed by atoms with Crippen molar-refractivity contribution in [3.05, 3.63) is 39.7 Å². The molecule has 0 bridgehead atoms. The number of aromatic nitrogens is 1. The number of guanidine groups is 1. The van der Waals surface area contributed by atoms with Gasteiger partial charge in [-0.15, -0.1) is 0 Å². The number of pyridine rings is 1. The van der Waals surface area contributed by atoms with Crippen molar-refractivity contribution in [3.63, 3.8) is 0 Å². The highest BCUT2D eigenvalue weighted by Crippen LogP contribution is 2.43. The molecule has 0 saturated carbocycles. The second kappa shape index (κ2) is 7.47. The quantitative estimate of drug-likeness (QED) is 0.451. The van der Waals surface area contributed by atoms with Gasteiger partial charge in [0.05, 0.1) is 17.3 Å². The van der Waals surface area contributed by atoms with Gasteiger partial charge in [-0.05, 0) is 13.0 Å². The van der Waals surface area contributed by atoms with E-state index in [9.17, 15) is 5.26 Å². The summed E-state index contributed by atoms with van der Waals surface area (Å²) in [6.07, 6.45) is 1.72. The molecule has 1 aromatic carbocycles. The van der Waals surface area contributed by atoms with Gasteiger partial charge in [-0.2, -0.15) is 10.5 Å². The largest absolute Gasteiger partial charge is 0.489 e. The van der Waals surface area contributed by atoms with Crippen molar-refractivity contribution in [3.8, 4) is 18.0 Å². The van der Waals surface area contributed by atoms with Crippen molar-refractivity contribution in [2.75, 3.05) is 23.4 Å². The predicted octanol–water partition coefficient (Wildman–Crippen LogP) is 2.25. The molecule has 1 aliphatic rings. The number of benzene rings is 1. The molecule has 0 fully saturated rings. The zero-order chi connectivity index (χ0) is 20.4. The topological polar surface area (TPSA) is 158 Å². The van der Waals surface area contributed by atoms with E-state index in [0.717, 1.165) is 0 Å². The van der Waals surface area contributed by atoms with E-state index in [1.807, 2.05) is 6.07 Å². The molecule has 1 aromatic heterocycles. The van der Waals surface area contributed by atoms with Gasteiger partial charge in [0, 0.05) is 11.1 Å². The first-order chi connectivity index (χ1) is 13.4. The summed E-state index contributed by atoms with van der Waals surface area (Å²) in [4.78, 5) is 8.42. The summed E-state index contributed by atoms with van der Waals surface area (Å²) in [5, 5.41) is 23.4. The van der Waals surface area contributed by atoms with Crippen LogP contribution in [0.5, 0.6) is 5.75 Å². The monoisotopic (exact) mass is 400 g/mol. The first kappa shape index (κ1) is 19.0. The van der Waals surface area contributed by atoms with Crippen LogP contribution in [-0.4, -0.2) is 17.6 Å². The molecule has 142 valence electrons. The summed E-state index contributed by atoms with van der Waals surface area (Å²) >= 11 is 6.03. The molecule has 6 N–H and O–H groups in total. The van der Waals surface area contributed by atoms with Gasteiger partial charge >= 0.3 is 0 Å². The number of nitrogen functional groups attached to an aromatic ring is 2. The van der Waals surface area contributed by atoms with Gasteiger partial charge in [-0.1, -0.05) is 17.7 Å². The number of ether oxygens (including phenoxy) is 1. The maximum Gasteiger partial charge on any atom is 0.211 e. The Balaban J connectivity index is 2.28. The molecular formula is C17H14ClFN8O. The van der Waals surface area contributed by atoms with E-state index in [1.54, 1.807) is 13.1 Å². The number of fused-ring (bicyclic) bond motifs is 1. The van der Waals surface area contributed by atoms with Crippen molar-refractivity contribution >= 4 is 34.9 Å². The number of aliphatic imine (C=N–C) groups is 1. The Hall–Kier alpha value is -3.76. The number of halogens is 2. The highest BCUT2D eigenvalue weighted by molar-refractivity contribution is 6.32. The second-order valence-electron chi connectivity index (χ2n) is 5.61. The summed E-state index contributed by atoms with van der Waals surface area (Å²) < 4.78 is 20.5. The Bertz CT molecular complexity index is 1070. The zero-order valence-corrected chi connectivity index (χ0v) is 15.3. The van der Waals surface area contributed by atoms with Crippen molar-refractivity contribution < 1.29 is 9.13 Å². The van der Waals surface area contributed by atoms with Gasteiger partial charge in [0.1, 0.15) is 29.3 Å². The van der Waals surface area contributed by atoms with Gasteiger partial charge in [0.15, 0.2) is 17.8 Å². The molecule has 1 aliphatic heterocycles. The lowest BCUT2D eigenvalue weighted by Crippen LogP contribution is -2.33. The van der Waals surface area contributed by atoms with Crippen LogP contribution in [0.1, 0.15) is 29.7 Å². The van der Waals surface area contributed by atoms with Gasteiger partial charge in [0.25, 0.3) is 0 Å². The molecule has 1 atom stereocenters. The van der Waals surface area contributed by atoms with Crippen LogP contribution in [0, 0.1) is 28.6 Å². The maximum atomic E-state index is 15.2. The zero-order valence-electron chi connectivity index (χ0n) is 14.5. The fourth-order valence-electron chi connectivity index (χ4n) is 2.84. The average molecular weight is 401 g/mol. The van der Waals surface area contributed by atoms with E-state index in [2.05, 4.69) is 20.6 Å². The standard InChI is InChI=1S/C17H14ClFN8O/c1-2-28-14-9(18)4-3-7(11(14)19)13-10-12(22)8(5-20)15(23)26-16(10)27-17(25-13)24-6-21/h3-4,13H,2H2,1H3,(H6,22,23,24,25,26,27). The van der Waals surface area contributed by atoms with Gasteiger partial charge in [-0.25, -0.2) is 14.4 Å².